The molecular formula is C21H19N3O4. The molecule has 3 aromatic rings. The molecule has 1 aromatic heterocycles. The van der Waals surface area contributed by atoms with Crippen LogP contribution in [0.15, 0.2) is 60.7 Å². The normalized spacial score (nSPS) is 16.1. The number of ether oxygens (including phenoxy) is 1. The molecule has 2 N–H and O–H groups in total. The predicted molar refractivity (Wildman–Crippen MR) is 102 cm³/mol. The Kier molecular flexibility index (Phi) is 4.57. The Morgan fingerprint density at radius 2 is 1.89 bits per heavy atom. The number of fused-ring (bicyclic) bond motifs is 1. The molecular weight excluding hydrogens is 358 g/mol. The molecule has 1 aliphatic rings. The van der Waals surface area contributed by atoms with E-state index in [2.05, 4.69) is 10.4 Å². The van der Waals surface area contributed by atoms with Gasteiger partial charge in [0.05, 0.1) is 12.3 Å². The van der Waals surface area contributed by atoms with Crippen molar-refractivity contribution < 1.29 is 19.4 Å². The molecule has 0 spiro atoms. The third kappa shape index (κ3) is 3.22. The number of nitrogens with zero attached hydrogens (tertiary/aromatic N) is 2. The summed E-state index contributed by atoms with van der Waals surface area (Å²) in [5.41, 5.74) is 1.65. The zero-order valence-corrected chi connectivity index (χ0v) is 15.2. The van der Waals surface area contributed by atoms with Gasteiger partial charge in [-0.25, -0.2) is 9.48 Å². The van der Waals surface area contributed by atoms with E-state index in [1.807, 2.05) is 37.3 Å². The topological polar surface area (TPSA) is 93.5 Å². The molecule has 4 rings (SSSR count). The highest BCUT2D eigenvalue weighted by molar-refractivity contribution is 5.96. The monoisotopic (exact) mass is 377 g/mol. The number of amides is 1. The molecule has 1 amide bonds. The number of benzene rings is 2. The minimum absolute atomic E-state index is 0.0205. The number of para-hydroxylation sites is 2. The Bertz CT molecular complexity index is 1030. The van der Waals surface area contributed by atoms with Crippen LogP contribution < -0.4 is 10.1 Å². The number of nitrogens with one attached hydrogen (secondary N) is 1. The van der Waals surface area contributed by atoms with Crippen molar-refractivity contribution in [2.24, 2.45) is 0 Å². The number of aromatic nitrogens is 2. The molecule has 28 heavy (non-hydrogen) atoms. The van der Waals surface area contributed by atoms with E-state index in [0.717, 1.165) is 11.3 Å². The molecule has 0 radical (unpaired) electrons. The lowest BCUT2D eigenvalue weighted by molar-refractivity contribution is 0.0689. The summed E-state index contributed by atoms with van der Waals surface area (Å²) in [5.74, 6) is -0.723. The van der Waals surface area contributed by atoms with Gasteiger partial charge in [0.1, 0.15) is 11.4 Å². The predicted octanol–water partition coefficient (Wildman–Crippen LogP) is 2.87. The molecule has 2 aromatic carbocycles. The summed E-state index contributed by atoms with van der Waals surface area (Å²) in [6.45, 7) is 2.40. The number of hydrogen-bond donors (Lipinski definition) is 2. The summed E-state index contributed by atoms with van der Waals surface area (Å²) in [5, 5.41) is 16.3. The summed E-state index contributed by atoms with van der Waals surface area (Å²) < 4.78 is 7.05. The minimum atomic E-state index is -1.19. The van der Waals surface area contributed by atoms with Crippen LogP contribution in [0, 0.1) is 0 Å². The van der Waals surface area contributed by atoms with Crippen LogP contribution in [0.4, 0.5) is 0 Å². The lowest BCUT2D eigenvalue weighted by atomic mass is 9.94. The molecule has 7 nitrogen and oxygen atoms in total. The maximum Gasteiger partial charge on any atom is 0.356 e. The van der Waals surface area contributed by atoms with Crippen molar-refractivity contribution in [1.82, 2.24) is 15.1 Å². The molecule has 0 bridgehead atoms. The van der Waals surface area contributed by atoms with E-state index in [1.165, 1.54) is 10.7 Å². The zero-order valence-electron chi connectivity index (χ0n) is 15.2. The molecule has 7 heteroatoms. The second-order valence-corrected chi connectivity index (χ2v) is 6.68. The van der Waals surface area contributed by atoms with Crippen LogP contribution in [0.25, 0.3) is 5.69 Å². The zero-order chi connectivity index (χ0) is 19.7. The Labute approximate surface area is 161 Å². The molecule has 0 saturated carbocycles. The quantitative estimate of drug-likeness (QED) is 0.713. The fourth-order valence-corrected chi connectivity index (χ4v) is 3.40. The molecule has 1 aliphatic heterocycles. The van der Waals surface area contributed by atoms with E-state index < -0.39 is 5.97 Å². The van der Waals surface area contributed by atoms with Gasteiger partial charge in [0.15, 0.2) is 5.69 Å². The Hall–Kier alpha value is -3.61. The van der Waals surface area contributed by atoms with Gasteiger partial charge >= 0.3 is 5.97 Å². The summed E-state index contributed by atoms with van der Waals surface area (Å²) in [4.78, 5) is 24.3. The van der Waals surface area contributed by atoms with Crippen molar-refractivity contribution in [3.63, 3.8) is 0 Å². The van der Waals surface area contributed by atoms with E-state index in [4.69, 9.17) is 4.74 Å². The van der Waals surface area contributed by atoms with E-state index in [0.29, 0.717) is 12.3 Å². The summed E-state index contributed by atoms with van der Waals surface area (Å²) in [7, 11) is 0. The SMILES string of the molecule is CC(NC(=O)c1cc(C(=O)O)nn1-c1ccccc1)C1COc2ccccc21. The Balaban J connectivity index is 1.61. The van der Waals surface area contributed by atoms with Crippen molar-refractivity contribution >= 4 is 11.9 Å². The highest BCUT2D eigenvalue weighted by Crippen LogP contribution is 2.35. The number of aromatic carboxylic acids is 1. The van der Waals surface area contributed by atoms with E-state index in [1.54, 1.807) is 24.3 Å². The molecule has 142 valence electrons. The van der Waals surface area contributed by atoms with E-state index in [9.17, 15) is 14.7 Å². The number of carbonyl (C=O) groups excluding carboxylic acids is 1. The van der Waals surface area contributed by atoms with Crippen LogP contribution in [0.5, 0.6) is 5.75 Å². The number of rotatable bonds is 5. The van der Waals surface area contributed by atoms with Crippen LogP contribution in [0.1, 0.15) is 39.4 Å². The van der Waals surface area contributed by atoms with Gasteiger partial charge in [-0.2, -0.15) is 5.10 Å². The van der Waals surface area contributed by atoms with Crippen LogP contribution in [-0.2, 0) is 0 Å². The summed E-state index contributed by atoms with van der Waals surface area (Å²) in [6.07, 6.45) is 0. The average Bonchev–Trinajstić information content (AvgIpc) is 3.33. The van der Waals surface area contributed by atoms with Gasteiger partial charge in [-0.15, -0.1) is 0 Å². The highest BCUT2D eigenvalue weighted by atomic mass is 16.5. The fourth-order valence-electron chi connectivity index (χ4n) is 3.40. The Morgan fingerprint density at radius 1 is 1.18 bits per heavy atom. The first-order valence-corrected chi connectivity index (χ1v) is 8.96. The first kappa shape index (κ1) is 17.8. The molecule has 2 atom stereocenters. The van der Waals surface area contributed by atoms with Gasteiger partial charge in [0.25, 0.3) is 5.91 Å². The van der Waals surface area contributed by atoms with Gasteiger partial charge in [-0.05, 0) is 25.1 Å². The standard InChI is InChI=1S/C21H19N3O4/c1-13(16-12-28-19-10-6-5-9-15(16)19)22-20(25)18-11-17(21(26)27)23-24(18)14-7-3-2-4-8-14/h2-11,13,16H,12H2,1H3,(H,22,25)(H,26,27). The van der Waals surface area contributed by atoms with E-state index >= 15 is 0 Å². The molecule has 0 fully saturated rings. The van der Waals surface area contributed by atoms with Crippen LogP contribution >= 0.6 is 0 Å². The Morgan fingerprint density at radius 3 is 2.64 bits per heavy atom. The highest BCUT2D eigenvalue weighted by Gasteiger charge is 2.30. The van der Waals surface area contributed by atoms with Gasteiger partial charge in [-0.1, -0.05) is 36.4 Å². The van der Waals surface area contributed by atoms with Crippen LogP contribution in [0.3, 0.4) is 0 Å². The van der Waals surface area contributed by atoms with Crippen molar-refractivity contribution in [3.05, 3.63) is 77.6 Å². The van der Waals surface area contributed by atoms with Gasteiger partial charge in [-0.3, -0.25) is 4.79 Å². The third-order valence-corrected chi connectivity index (χ3v) is 4.86. The maximum absolute atomic E-state index is 12.9. The lowest BCUT2D eigenvalue weighted by Gasteiger charge is -2.20. The summed E-state index contributed by atoms with van der Waals surface area (Å²) >= 11 is 0. The summed E-state index contributed by atoms with van der Waals surface area (Å²) in [6, 6.07) is 17.8. The van der Waals surface area contributed by atoms with Crippen molar-refractivity contribution in [2.45, 2.75) is 18.9 Å². The third-order valence-electron chi connectivity index (χ3n) is 4.86. The second-order valence-electron chi connectivity index (χ2n) is 6.68. The first-order chi connectivity index (χ1) is 13.5. The van der Waals surface area contributed by atoms with Gasteiger partial charge in [0, 0.05) is 23.6 Å². The van der Waals surface area contributed by atoms with E-state index in [-0.39, 0.29) is 29.3 Å². The number of carboxylic acids is 1. The maximum atomic E-state index is 12.9. The van der Waals surface area contributed by atoms with Crippen LogP contribution in [-0.4, -0.2) is 39.4 Å². The molecule has 0 saturated heterocycles. The smallest absolute Gasteiger partial charge is 0.356 e. The molecule has 2 unspecified atom stereocenters. The largest absolute Gasteiger partial charge is 0.493 e. The lowest BCUT2D eigenvalue weighted by Crippen LogP contribution is -2.38. The second kappa shape index (κ2) is 7.19. The van der Waals surface area contributed by atoms with Gasteiger partial charge in [0.2, 0.25) is 0 Å². The van der Waals surface area contributed by atoms with Gasteiger partial charge < -0.3 is 15.2 Å². The number of carboxylic acid groups (broad SMARTS) is 1. The number of hydrogen-bond acceptors (Lipinski definition) is 4. The molecule has 2 heterocycles. The van der Waals surface area contributed by atoms with Crippen molar-refractivity contribution in [3.8, 4) is 11.4 Å². The first-order valence-electron chi connectivity index (χ1n) is 8.96. The fraction of sp³-hybridized carbons (Fsp3) is 0.190. The van der Waals surface area contributed by atoms with Crippen molar-refractivity contribution in [1.29, 1.82) is 0 Å². The molecule has 0 aliphatic carbocycles. The van der Waals surface area contributed by atoms with Crippen LogP contribution in [0.2, 0.25) is 0 Å². The minimum Gasteiger partial charge on any atom is -0.493 e. The average molecular weight is 377 g/mol. The van der Waals surface area contributed by atoms with Crippen molar-refractivity contribution in [2.75, 3.05) is 6.61 Å². The number of carbonyl (C=O) groups is 2.